The lowest BCUT2D eigenvalue weighted by molar-refractivity contribution is 0.459. The molecule has 1 aromatic carbocycles. The SMILES string of the molecule is CN=C(NN)Nc1c(F)c(F)cc(F)c1F. The Morgan fingerprint density at radius 1 is 1.19 bits per heavy atom. The predicted molar refractivity (Wildman–Crippen MR) is 50.6 cm³/mol. The van der Waals surface area contributed by atoms with E-state index in [-0.39, 0.29) is 12.0 Å². The number of hydrogen-bond acceptors (Lipinski definition) is 2. The summed E-state index contributed by atoms with van der Waals surface area (Å²) in [4.78, 5) is 3.43. The van der Waals surface area contributed by atoms with Gasteiger partial charge in [0, 0.05) is 13.1 Å². The number of aliphatic imine (C=N–C) groups is 1. The van der Waals surface area contributed by atoms with Crippen LogP contribution < -0.4 is 16.6 Å². The van der Waals surface area contributed by atoms with E-state index in [9.17, 15) is 17.6 Å². The molecule has 0 bridgehead atoms. The van der Waals surface area contributed by atoms with E-state index in [0.717, 1.165) is 0 Å². The van der Waals surface area contributed by atoms with E-state index in [2.05, 4.69) is 4.99 Å². The third-order valence-electron chi connectivity index (χ3n) is 1.72. The molecule has 0 spiro atoms. The van der Waals surface area contributed by atoms with Gasteiger partial charge in [0.15, 0.2) is 23.3 Å². The summed E-state index contributed by atoms with van der Waals surface area (Å²) in [6.45, 7) is 0. The monoisotopic (exact) mass is 236 g/mol. The van der Waals surface area contributed by atoms with Crippen molar-refractivity contribution in [3.8, 4) is 0 Å². The smallest absolute Gasteiger partial charge is 0.210 e. The van der Waals surface area contributed by atoms with Gasteiger partial charge in [-0.15, -0.1) is 0 Å². The molecule has 0 atom stereocenters. The molecule has 0 aliphatic carbocycles. The van der Waals surface area contributed by atoms with E-state index in [1.807, 2.05) is 10.7 Å². The first-order valence-corrected chi connectivity index (χ1v) is 4.04. The van der Waals surface area contributed by atoms with Crippen LogP contribution in [0.3, 0.4) is 0 Å². The van der Waals surface area contributed by atoms with Crippen LogP contribution in [0.25, 0.3) is 0 Å². The highest BCUT2D eigenvalue weighted by molar-refractivity contribution is 5.93. The van der Waals surface area contributed by atoms with Gasteiger partial charge in [-0.3, -0.25) is 10.4 Å². The van der Waals surface area contributed by atoms with Crippen molar-refractivity contribution in [3.63, 3.8) is 0 Å². The van der Waals surface area contributed by atoms with Crippen molar-refractivity contribution in [2.45, 2.75) is 0 Å². The standard InChI is InChI=1S/C8H8F4N4/c1-14-8(16-13)15-7-5(11)3(9)2-4(10)6(7)12/h2H,13H2,1H3,(H2,14,15,16). The van der Waals surface area contributed by atoms with Crippen LogP contribution in [-0.4, -0.2) is 13.0 Å². The maximum Gasteiger partial charge on any atom is 0.210 e. The molecule has 16 heavy (non-hydrogen) atoms. The summed E-state index contributed by atoms with van der Waals surface area (Å²) in [7, 11) is 1.26. The highest BCUT2D eigenvalue weighted by Gasteiger charge is 2.19. The van der Waals surface area contributed by atoms with Crippen molar-refractivity contribution in [2.24, 2.45) is 10.8 Å². The van der Waals surface area contributed by atoms with Crippen LogP contribution in [0.5, 0.6) is 0 Å². The number of nitrogens with zero attached hydrogens (tertiary/aromatic N) is 1. The Balaban J connectivity index is 3.22. The third kappa shape index (κ3) is 2.22. The van der Waals surface area contributed by atoms with Gasteiger partial charge in [0.2, 0.25) is 5.96 Å². The van der Waals surface area contributed by atoms with Crippen molar-refractivity contribution in [1.29, 1.82) is 0 Å². The molecule has 0 aromatic heterocycles. The molecule has 0 saturated carbocycles. The zero-order valence-electron chi connectivity index (χ0n) is 8.11. The van der Waals surface area contributed by atoms with Crippen LogP contribution in [0, 0.1) is 23.3 Å². The zero-order chi connectivity index (χ0) is 12.3. The number of anilines is 1. The first-order chi connectivity index (χ1) is 7.51. The van der Waals surface area contributed by atoms with E-state index >= 15 is 0 Å². The highest BCUT2D eigenvalue weighted by Crippen LogP contribution is 2.23. The zero-order valence-corrected chi connectivity index (χ0v) is 8.11. The van der Waals surface area contributed by atoms with Gasteiger partial charge in [0.1, 0.15) is 5.69 Å². The maximum atomic E-state index is 13.1. The minimum atomic E-state index is -1.56. The third-order valence-corrected chi connectivity index (χ3v) is 1.72. The van der Waals surface area contributed by atoms with Crippen molar-refractivity contribution in [1.82, 2.24) is 5.43 Å². The largest absolute Gasteiger partial charge is 0.320 e. The molecule has 0 aliphatic rings. The van der Waals surface area contributed by atoms with Crippen LogP contribution in [0.4, 0.5) is 23.2 Å². The molecule has 0 fully saturated rings. The Bertz CT molecular complexity index is 406. The number of nitrogens with one attached hydrogen (secondary N) is 2. The van der Waals surface area contributed by atoms with Gasteiger partial charge in [-0.2, -0.15) is 0 Å². The molecule has 0 saturated heterocycles. The van der Waals surface area contributed by atoms with Gasteiger partial charge in [-0.25, -0.2) is 23.4 Å². The van der Waals surface area contributed by atoms with Gasteiger partial charge in [-0.05, 0) is 0 Å². The summed E-state index contributed by atoms with van der Waals surface area (Å²) in [5.41, 5.74) is 0.951. The quantitative estimate of drug-likeness (QED) is 0.171. The highest BCUT2D eigenvalue weighted by atomic mass is 19.2. The molecule has 0 aliphatic heterocycles. The van der Waals surface area contributed by atoms with Crippen molar-refractivity contribution in [2.75, 3.05) is 12.4 Å². The molecule has 4 nitrogen and oxygen atoms in total. The van der Waals surface area contributed by atoms with Gasteiger partial charge < -0.3 is 5.32 Å². The minimum Gasteiger partial charge on any atom is -0.320 e. The molecule has 0 amide bonds. The number of nitrogens with two attached hydrogens (primary N) is 1. The molecule has 1 rings (SSSR count). The predicted octanol–water partition coefficient (Wildman–Crippen LogP) is 1.10. The number of rotatable bonds is 1. The molecular weight excluding hydrogens is 228 g/mol. The summed E-state index contributed by atoms with van der Waals surface area (Å²) in [6.07, 6.45) is 0. The molecule has 0 radical (unpaired) electrons. The second-order valence-corrected chi connectivity index (χ2v) is 2.68. The van der Waals surface area contributed by atoms with Gasteiger partial charge in [0.25, 0.3) is 0 Å². The number of guanidine groups is 1. The Hall–Kier alpha value is -1.83. The van der Waals surface area contributed by atoms with E-state index < -0.39 is 29.0 Å². The minimum absolute atomic E-state index is 0.106. The first-order valence-electron chi connectivity index (χ1n) is 4.04. The van der Waals surface area contributed by atoms with Crippen molar-refractivity contribution in [3.05, 3.63) is 29.3 Å². The molecule has 1 aromatic rings. The van der Waals surface area contributed by atoms with E-state index in [4.69, 9.17) is 5.84 Å². The van der Waals surface area contributed by atoms with E-state index in [0.29, 0.717) is 0 Å². The summed E-state index contributed by atoms with van der Waals surface area (Å²) in [5, 5.41) is 1.98. The van der Waals surface area contributed by atoms with Crippen LogP contribution in [-0.2, 0) is 0 Å². The molecular formula is C8H8F4N4. The lowest BCUT2D eigenvalue weighted by atomic mass is 10.2. The lowest BCUT2D eigenvalue weighted by Gasteiger charge is -2.10. The second-order valence-electron chi connectivity index (χ2n) is 2.68. The molecule has 4 N–H and O–H groups in total. The molecule has 0 heterocycles. The number of halogens is 4. The Labute approximate surface area is 88.1 Å². The van der Waals surface area contributed by atoms with Crippen molar-refractivity contribution >= 4 is 11.6 Å². The Morgan fingerprint density at radius 3 is 2.06 bits per heavy atom. The lowest BCUT2D eigenvalue weighted by Crippen LogP contribution is -2.36. The average molecular weight is 236 g/mol. The fourth-order valence-electron chi connectivity index (χ4n) is 0.958. The first kappa shape index (κ1) is 12.2. The molecule has 0 unspecified atom stereocenters. The van der Waals surface area contributed by atoms with Crippen LogP contribution in [0.2, 0.25) is 0 Å². The molecule has 8 heteroatoms. The number of benzene rings is 1. The van der Waals surface area contributed by atoms with Crippen molar-refractivity contribution < 1.29 is 17.6 Å². The van der Waals surface area contributed by atoms with Gasteiger partial charge in [0.05, 0.1) is 0 Å². The van der Waals surface area contributed by atoms with Crippen LogP contribution in [0.1, 0.15) is 0 Å². The average Bonchev–Trinajstić information content (AvgIpc) is 2.27. The Morgan fingerprint density at radius 2 is 1.69 bits per heavy atom. The van der Waals surface area contributed by atoms with Gasteiger partial charge >= 0.3 is 0 Å². The Kier molecular flexibility index (Phi) is 3.67. The fourth-order valence-corrected chi connectivity index (χ4v) is 0.958. The fraction of sp³-hybridized carbons (Fsp3) is 0.125. The van der Waals surface area contributed by atoms with E-state index in [1.165, 1.54) is 7.05 Å². The summed E-state index contributed by atoms with van der Waals surface area (Å²) in [6, 6.07) is 0.106. The summed E-state index contributed by atoms with van der Waals surface area (Å²) >= 11 is 0. The van der Waals surface area contributed by atoms with Gasteiger partial charge in [-0.1, -0.05) is 0 Å². The topological polar surface area (TPSA) is 62.4 Å². The number of hydrogen-bond donors (Lipinski definition) is 3. The number of hydrazine groups is 1. The summed E-state index contributed by atoms with van der Waals surface area (Å²) < 4.78 is 51.7. The normalized spacial score (nSPS) is 11.5. The molecule has 88 valence electrons. The van der Waals surface area contributed by atoms with Crippen LogP contribution in [0.15, 0.2) is 11.1 Å². The summed E-state index contributed by atoms with van der Waals surface area (Å²) in [5.74, 6) is -1.47. The maximum absolute atomic E-state index is 13.1. The van der Waals surface area contributed by atoms with Crippen LogP contribution >= 0.6 is 0 Å². The van der Waals surface area contributed by atoms with E-state index in [1.54, 1.807) is 0 Å². The second kappa shape index (κ2) is 4.79.